The number of carbonyl (C=O) groups is 11. The van der Waals surface area contributed by atoms with E-state index in [0.29, 0.717) is 86.9 Å². The lowest BCUT2D eigenvalue weighted by atomic mass is 9.86. The summed E-state index contributed by atoms with van der Waals surface area (Å²) in [5, 5.41) is 0. The van der Waals surface area contributed by atoms with E-state index in [1.54, 1.807) is 69.3 Å². The van der Waals surface area contributed by atoms with Crippen molar-refractivity contribution in [3.63, 3.8) is 0 Å². The van der Waals surface area contributed by atoms with Gasteiger partial charge in [-0.1, -0.05) is 85.6 Å². The first-order chi connectivity index (χ1) is 48.3. The zero-order chi connectivity index (χ0) is 72.8. The monoisotopic (exact) mass is 1390 g/mol. The number of ether oxygens (including phenoxy) is 11. The van der Waals surface area contributed by atoms with Crippen molar-refractivity contribution in [3.8, 4) is 23.0 Å². The summed E-state index contributed by atoms with van der Waals surface area (Å²) in [4.78, 5) is 148. The zero-order valence-electron chi connectivity index (χ0n) is 59.4. The van der Waals surface area contributed by atoms with Crippen LogP contribution in [0.15, 0.2) is 61.2 Å². The number of hydrogen-bond acceptors (Lipinski definition) is 22. The van der Waals surface area contributed by atoms with Crippen LogP contribution in [0.5, 0.6) is 23.0 Å². The second kappa shape index (κ2) is 44.7. The van der Waals surface area contributed by atoms with Crippen molar-refractivity contribution in [3.05, 3.63) is 128 Å². The van der Waals surface area contributed by atoms with Crippen molar-refractivity contribution in [2.45, 2.75) is 196 Å². The van der Waals surface area contributed by atoms with Crippen molar-refractivity contribution >= 4 is 64.9 Å². The Morgan fingerprint density at radius 3 is 0.710 bits per heavy atom. The standard InChI is InChI=1S/C78H100O22/c1-9-17-21-25-64(79)52-37-56-45-58-39-53(65(80)26-22-18-10-2)41-60(76(58)98-34-30-94-72(87)49-69(84)90-14-6)47-62-43-55(67(82)28-24-20-12-4)44-63(78(62)100-36-32-96-74(89)51-71(86)92-16-8)48-61-42-54(66(81)27-23-19-11-3)40-59(46-57(38-52)75(56)97-33-29-93-68(83)13-5)77(61)99-35-31-95-73(88)50-70(85)91-15-7/h13,37-44H,5,9-12,14-36,45-51H2,1-4,6-8H3. The van der Waals surface area contributed by atoms with E-state index in [-0.39, 0.29) is 176 Å². The van der Waals surface area contributed by atoms with Gasteiger partial charge in [-0.25, -0.2) is 4.79 Å². The Kier molecular flexibility index (Phi) is 36.4. The van der Waals surface area contributed by atoms with Gasteiger partial charge < -0.3 is 52.1 Å². The molecule has 4 aromatic carbocycles. The van der Waals surface area contributed by atoms with E-state index in [1.807, 2.05) is 27.7 Å². The molecular formula is C78H100O22. The molecule has 4 aromatic rings. The molecule has 1 aliphatic rings. The topological polar surface area (TPSA) is 289 Å². The molecule has 22 heteroatoms. The molecule has 0 heterocycles. The van der Waals surface area contributed by atoms with Gasteiger partial charge in [-0.3, -0.25) is 47.9 Å². The highest BCUT2D eigenvalue weighted by Gasteiger charge is 2.29. The number of esters is 7. The first-order valence-electron chi connectivity index (χ1n) is 35.3. The van der Waals surface area contributed by atoms with Crippen LogP contribution in [0, 0.1) is 0 Å². The van der Waals surface area contributed by atoms with Crippen LogP contribution in [-0.4, -0.2) is 138 Å². The Hall–Kier alpha value is -9.21. The molecule has 544 valence electrons. The maximum absolute atomic E-state index is 14.8. The van der Waals surface area contributed by atoms with E-state index < -0.39 is 61.0 Å². The quantitative estimate of drug-likeness (QED) is 0.00873. The van der Waals surface area contributed by atoms with Crippen molar-refractivity contribution in [1.29, 1.82) is 0 Å². The van der Waals surface area contributed by atoms with Gasteiger partial charge in [0.25, 0.3) is 0 Å². The summed E-state index contributed by atoms with van der Waals surface area (Å²) in [6.07, 6.45) is 7.88. The molecule has 100 heavy (non-hydrogen) atoms. The van der Waals surface area contributed by atoms with Crippen LogP contribution in [0.3, 0.4) is 0 Å². The van der Waals surface area contributed by atoms with E-state index >= 15 is 0 Å². The van der Waals surface area contributed by atoms with Crippen molar-refractivity contribution in [2.24, 2.45) is 0 Å². The van der Waals surface area contributed by atoms with Gasteiger partial charge in [0, 0.05) is 79.7 Å². The lowest BCUT2D eigenvalue weighted by molar-refractivity contribution is -0.156. The van der Waals surface area contributed by atoms with Crippen LogP contribution in [-0.2, 0) is 92.4 Å². The second-order valence-corrected chi connectivity index (χ2v) is 24.1. The molecule has 0 atom stereocenters. The molecule has 8 bridgehead atoms. The van der Waals surface area contributed by atoms with Gasteiger partial charge >= 0.3 is 41.8 Å². The smallest absolute Gasteiger partial charge is 0.330 e. The number of ketones is 4. The molecule has 0 aliphatic heterocycles. The number of carbonyl (C=O) groups excluding carboxylic acids is 11. The summed E-state index contributed by atoms with van der Waals surface area (Å²) < 4.78 is 64.1. The van der Waals surface area contributed by atoms with Crippen LogP contribution in [0.2, 0.25) is 0 Å². The van der Waals surface area contributed by atoms with Gasteiger partial charge in [0.2, 0.25) is 0 Å². The average molecular weight is 1390 g/mol. The van der Waals surface area contributed by atoms with Gasteiger partial charge in [0.05, 0.1) is 19.8 Å². The number of fused-ring (bicyclic) bond motifs is 8. The minimum Gasteiger partial charge on any atom is -0.489 e. The van der Waals surface area contributed by atoms with Gasteiger partial charge in [0.1, 0.15) is 95.1 Å². The molecule has 0 saturated carbocycles. The van der Waals surface area contributed by atoms with Gasteiger partial charge in [-0.05, 0) is 139 Å². The highest BCUT2D eigenvalue weighted by Crippen LogP contribution is 2.42. The van der Waals surface area contributed by atoms with E-state index in [0.717, 1.165) is 57.4 Å². The summed E-state index contributed by atoms with van der Waals surface area (Å²) >= 11 is 0. The summed E-state index contributed by atoms with van der Waals surface area (Å²) in [6.45, 7) is 14.2. The third-order valence-electron chi connectivity index (χ3n) is 16.1. The lowest BCUT2D eigenvalue weighted by Crippen LogP contribution is -2.19. The molecule has 0 fully saturated rings. The van der Waals surface area contributed by atoms with Crippen molar-refractivity contribution in [1.82, 2.24) is 0 Å². The summed E-state index contributed by atoms with van der Waals surface area (Å²) in [5.41, 5.74) is 4.36. The van der Waals surface area contributed by atoms with Crippen LogP contribution in [0.1, 0.15) is 256 Å². The molecule has 0 unspecified atom stereocenters. The lowest BCUT2D eigenvalue weighted by Gasteiger charge is -2.25. The van der Waals surface area contributed by atoms with Gasteiger partial charge in [-0.2, -0.15) is 0 Å². The predicted molar refractivity (Wildman–Crippen MR) is 371 cm³/mol. The molecule has 0 N–H and O–H groups in total. The third-order valence-corrected chi connectivity index (χ3v) is 16.1. The minimum atomic E-state index is -0.873. The molecule has 0 spiro atoms. The maximum atomic E-state index is 14.8. The Balaban J connectivity index is 2.00. The molecule has 0 radical (unpaired) electrons. The minimum absolute atomic E-state index is 0.0430. The molecule has 0 saturated heterocycles. The summed E-state index contributed by atoms with van der Waals surface area (Å²) in [7, 11) is 0. The summed E-state index contributed by atoms with van der Waals surface area (Å²) in [5.74, 6) is -5.62. The molecule has 0 amide bonds. The van der Waals surface area contributed by atoms with Crippen molar-refractivity contribution in [2.75, 3.05) is 72.7 Å². The number of rotatable bonds is 46. The first-order valence-corrected chi connectivity index (χ1v) is 35.3. The number of hydrogen-bond donors (Lipinski definition) is 0. The van der Waals surface area contributed by atoms with E-state index in [9.17, 15) is 52.7 Å². The summed E-state index contributed by atoms with van der Waals surface area (Å²) in [6, 6.07) is 13.7. The molecule has 1 aliphatic carbocycles. The largest absolute Gasteiger partial charge is 0.489 e. The maximum Gasteiger partial charge on any atom is 0.330 e. The number of Topliss-reactive ketones (excluding diaryl/α,β-unsaturated/α-hetero) is 4. The fraction of sp³-hybridized carbons (Fsp3) is 0.526. The Bertz CT molecular complexity index is 3300. The van der Waals surface area contributed by atoms with Crippen molar-refractivity contribution < 1.29 is 105 Å². The van der Waals surface area contributed by atoms with E-state index in [1.165, 1.54) is 0 Å². The van der Waals surface area contributed by atoms with Crippen LogP contribution in [0.4, 0.5) is 0 Å². The fourth-order valence-electron chi connectivity index (χ4n) is 11.4. The van der Waals surface area contributed by atoms with Gasteiger partial charge in [0.15, 0.2) is 23.1 Å². The first kappa shape index (κ1) is 81.5. The molecule has 22 nitrogen and oxygen atoms in total. The van der Waals surface area contributed by atoms with Crippen LogP contribution >= 0.6 is 0 Å². The van der Waals surface area contributed by atoms with E-state index in [2.05, 4.69) is 6.58 Å². The predicted octanol–water partition coefficient (Wildman–Crippen LogP) is 13.1. The average Bonchev–Trinajstić information content (AvgIpc) is 0.769. The third kappa shape index (κ3) is 27.5. The fourth-order valence-corrected chi connectivity index (χ4v) is 11.4. The highest BCUT2D eigenvalue weighted by atomic mass is 16.6. The Morgan fingerprint density at radius 1 is 0.300 bits per heavy atom. The van der Waals surface area contributed by atoms with E-state index in [4.69, 9.17) is 52.1 Å². The normalized spacial score (nSPS) is 11.5. The highest BCUT2D eigenvalue weighted by molar-refractivity contribution is 5.99. The number of unbranched alkanes of at least 4 members (excludes halogenated alkanes) is 8. The SMILES string of the molecule is C=CC(=O)OCCOc1c2cc(C(=O)CCCCC)cc1Cc1cc(C(=O)CCCCC)cc(c1OCCOC(=O)CC(=O)OCC)Cc1cc(C(=O)CCCCC)cc(c1OCCOC(=O)CC(=O)OCC)Cc1cc(C(=O)CCCCC)cc(c1OCCOC(=O)CC(=O)OCC)C2. The molecular weight excluding hydrogens is 1290 g/mol. The van der Waals surface area contributed by atoms with Crippen LogP contribution in [0.25, 0.3) is 0 Å². The Labute approximate surface area is 587 Å². The second-order valence-electron chi connectivity index (χ2n) is 24.1. The molecule has 5 rings (SSSR count). The van der Waals surface area contributed by atoms with Crippen LogP contribution < -0.4 is 18.9 Å². The Morgan fingerprint density at radius 2 is 0.510 bits per heavy atom. The zero-order valence-corrected chi connectivity index (χ0v) is 59.4. The number of benzene rings is 4. The molecule has 0 aromatic heterocycles. The van der Waals surface area contributed by atoms with Gasteiger partial charge in [-0.15, -0.1) is 0 Å².